The van der Waals surface area contributed by atoms with Gasteiger partial charge in [-0.2, -0.15) is 0 Å². The fourth-order valence-corrected chi connectivity index (χ4v) is 6.54. The Morgan fingerprint density at radius 2 is 1.12 bits per heavy atom. The zero-order valence-corrected chi connectivity index (χ0v) is 33.1. The number of esters is 1. The zero-order valence-electron chi connectivity index (χ0n) is 29.9. The van der Waals surface area contributed by atoms with Crippen LogP contribution in [0.5, 0.6) is 11.5 Å². The third kappa shape index (κ3) is 9.30. The number of methoxy groups -OCH3 is 1. The number of carbonyl (C=O) groups excluding carboxylic acids is 1. The van der Waals surface area contributed by atoms with E-state index in [4.69, 9.17) is 23.0 Å². The Kier molecular flexibility index (Phi) is 13.9. The van der Waals surface area contributed by atoms with Gasteiger partial charge in [-0.3, -0.25) is 0 Å². The van der Waals surface area contributed by atoms with E-state index in [-0.39, 0.29) is 14.9 Å². The van der Waals surface area contributed by atoms with Crippen LogP contribution in [0.3, 0.4) is 0 Å². The van der Waals surface area contributed by atoms with Crippen LogP contribution in [0.25, 0.3) is 45.1 Å². The van der Waals surface area contributed by atoms with Crippen molar-refractivity contribution < 1.29 is 37.7 Å². The molecule has 0 saturated heterocycles. The van der Waals surface area contributed by atoms with Gasteiger partial charge in [-0.1, -0.05) is 132 Å². The van der Waals surface area contributed by atoms with Gasteiger partial charge < -0.3 is 28.2 Å². The summed E-state index contributed by atoms with van der Waals surface area (Å²) in [6.07, 6.45) is -0.907. The van der Waals surface area contributed by atoms with Gasteiger partial charge in [-0.15, -0.1) is 0 Å². The van der Waals surface area contributed by atoms with Crippen molar-refractivity contribution in [3.8, 4) is 34.4 Å². The predicted molar refractivity (Wildman–Crippen MR) is 232 cm³/mol. The number of aromatic nitrogens is 2. The van der Waals surface area contributed by atoms with E-state index in [9.17, 15) is 14.7 Å². The Balaban J connectivity index is 0.000000214. The molecule has 0 aliphatic carbocycles. The van der Waals surface area contributed by atoms with E-state index in [0.717, 1.165) is 14.5 Å². The molecule has 0 bridgehead atoms. The van der Waals surface area contributed by atoms with Crippen LogP contribution in [0.1, 0.15) is 39.0 Å². The quantitative estimate of drug-likeness (QED) is 0.132. The van der Waals surface area contributed by atoms with E-state index < -0.39 is 23.6 Å². The number of carboxylic acids is 1. The molecule has 0 saturated carbocycles. The maximum absolute atomic E-state index is 12.4. The Labute approximate surface area is 352 Å². The Bertz CT molecular complexity index is 2580. The van der Waals surface area contributed by atoms with Gasteiger partial charge in [0.15, 0.2) is 11.2 Å². The molecule has 0 amide bonds. The average molecular weight is 909 g/mol. The summed E-state index contributed by atoms with van der Waals surface area (Å²) in [5.74, 6) is 0.0211. The lowest BCUT2D eigenvalue weighted by Crippen LogP contribution is -2.38. The van der Waals surface area contributed by atoms with Gasteiger partial charge in [-0.25, -0.2) is 19.6 Å². The zero-order chi connectivity index (χ0) is 39.2. The van der Waals surface area contributed by atoms with Crippen molar-refractivity contribution >= 4 is 66.0 Å². The first-order valence-corrected chi connectivity index (χ1v) is 18.8. The molecule has 2 heterocycles. The van der Waals surface area contributed by atoms with Crippen molar-refractivity contribution in [1.29, 1.82) is 0 Å². The van der Waals surface area contributed by atoms with Gasteiger partial charge in [0.05, 0.1) is 18.2 Å². The van der Waals surface area contributed by atoms with E-state index >= 15 is 0 Å². The SMILES string of the molecule is C.C.CC(Oc1ccc(Br)cc1-c1nc2ccccc2o1)(C(=O)O)c1ccccc1.COC(=O)C(Oc1ccc(Br)cc1-c1nc2ccccc2o1)c1ccccc1. The molecule has 0 spiro atoms. The second-order valence-corrected chi connectivity index (χ2v) is 14.3. The lowest BCUT2D eigenvalue weighted by molar-refractivity contribution is -0.154. The predicted octanol–water partition coefficient (Wildman–Crippen LogP) is 12.5. The largest absolute Gasteiger partial charge is 0.478 e. The minimum absolute atomic E-state index is 0. The number of rotatable bonds is 10. The molecule has 0 aliphatic heterocycles. The van der Waals surface area contributed by atoms with Gasteiger partial charge in [0.1, 0.15) is 22.5 Å². The molecule has 8 rings (SSSR count). The first kappa shape index (κ1) is 42.9. The molecular formula is C46H40Br2N2O8. The number of hydrogen-bond donors (Lipinski definition) is 1. The molecule has 0 fully saturated rings. The topological polar surface area (TPSA) is 134 Å². The number of fused-ring (bicyclic) bond motifs is 2. The number of halogens is 2. The van der Waals surface area contributed by atoms with Crippen molar-refractivity contribution in [3.05, 3.63) is 166 Å². The summed E-state index contributed by atoms with van der Waals surface area (Å²) in [5.41, 5.74) is 3.64. The second kappa shape index (κ2) is 18.8. The van der Waals surface area contributed by atoms with Crippen molar-refractivity contribution in [2.24, 2.45) is 0 Å². The van der Waals surface area contributed by atoms with E-state index in [1.807, 2.05) is 97.1 Å². The molecule has 2 aromatic heterocycles. The van der Waals surface area contributed by atoms with Crippen LogP contribution >= 0.6 is 31.9 Å². The summed E-state index contributed by atoms with van der Waals surface area (Å²) >= 11 is 6.92. The minimum Gasteiger partial charge on any atom is -0.478 e. The lowest BCUT2D eigenvalue weighted by atomic mass is 9.95. The fraction of sp³-hybridized carbons (Fsp3) is 0.130. The highest BCUT2D eigenvalue weighted by Crippen LogP contribution is 2.39. The van der Waals surface area contributed by atoms with Crippen LogP contribution in [0, 0.1) is 0 Å². The summed E-state index contributed by atoms with van der Waals surface area (Å²) in [6, 6.07) is 43.7. The van der Waals surface area contributed by atoms with Crippen molar-refractivity contribution in [1.82, 2.24) is 9.97 Å². The van der Waals surface area contributed by atoms with Crippen LogP contribution in [0.4, 0.5) is 0 Å². The third-order valence-corrected chi connectivity index (χ3v) is 9.73. The van der Waals surface area contributed by atoms with Crippen LogP contribution in [0.15, 0.2) is 163 Å². The summed E-state index contributed by atoms with van der Waals surface area (Å²) in [6.45, 7) is 1.53. The van der Waals surface area contributed by atoms with Gasteiger partial charge in [-0.05, 0) is 67.6 Å². The van der Waals surface area contributed by atoms with Crippen LogP contribution in [-0.2, 0) is 19.9 Å². The van der Waals surface area contributed by atoms with E-state index in [1.165, 1.54) is 14.0 Å². The molecule has 10 nitrogen and oxygen atoms in total. The number of carbonyl (C=O) groups is 2. The van der Waals surface area contributed by atoms with Gasteiger partial charge in [0.25, 0.3) is 0 Å². The second-order valence-electron chi connectivity index (χ2n) is 12.5. The van der Waals surface area contributed by atoms with Crippen LogP contribution in [0.2, 0.25) is 0 Å². The molecule has 12 heteroatoms. The third-order valence-electron chi connectivity index (χ3n) is 8.74. The molecule has 2 atom stereocenters. The molecule has 296 valence electrons. The molecule has 1 N–H and O–H groups in total. The highest BCUT2D eigenvalue weighted by molar-refractivity contribution is 9.10. The van der Waals surface area contributed by atoms with E-state index in [2.05, 4.69) is 41.8 Å². The molecule has 6 aromatic carbocycles. The number of benzene rings is 6. The smallest absolute Gasteiger partial charge is 0.352 e. The summed E-state index contributed by atoms with van der Waals surface area (Å²) in [7, 11) is 1.34. The highest BCUT2D eigenvalue weighted by atomic mass is 79.9. The Morgan fingerprint density at radius 3 is 1.62 bits per heavy atom. The first-order chi connectivity index (χ1) is 27.1. The van der Waals surface area contributed by atoms with Crippen molar-refractivity contribution in [2.45, 2.75) is 33.5 Å². The van der Waals surface area contributed by atoms with Crippen molar-refractivity contribution in [3.63, 3.8) is 0 Å². The minimum atomic E-state index is -1.57. The molecular weight excluding hydrogens is 868 g/mol. The maximum atomic E-state index is 12.4. The summed E-state index contributed by atoms with van der Waals surface area (Å²) in [4.78, 5) is 33.5. The molecule has 0 radical (unpaired) electrons. The molecule has 58 heavy (non-hydrogen) atoms. The number of nitrogens with zero attached hydrogens (tertiary/aromatic N) is 2. The van der Waals surface area contributed by atoms with Gasteiger partial charge in [0.2, 0.25) is 23.5 Å². The van der Waals surface area contributed by atoms with Gasteiger partial charge >= 0.3 is 11.9 Å². The average Bonchev–Trinajstić information content (AvgIpc) is 3.86. The standard InChI is InChI=1S/2C22H16BrNO4.2CH4/c1-22(21(25)26,14-7-3-2-4-8-14)28-18-12-11-15(23)13-16(18)20-24-17-9-5-6-10-19(17)27-20;1-26-22(25)20(14-7-3-2-4-8-14)27-18-12-11-15(23)13-16(18)21-24-17-9-5-6-10-19(17)28-21;;/h2-13H,1H3,(H,25,26);2-13,20H,1H3;2*1H4. The van der Waals surface area contributed by atoms with E-state index in [1.54, 1.807) is 48.5 Å². The van der Waals surface area contributed by atoms with E-state index in [0.29, 0.717) is 62.2 Å². The van der Waals surface area contributed by atoms with Crippen molar-refractivity contribution in [2.75, 3.05) is 7.11 Å². The Hall–Kier alpha value is -6.24. The van der Waals surface area contributed by atoms with Crippen LogP contribution in [-0.4, -0.2) is 34.1 Å². The Morgan fingerprint density at radius 1 is 0.655 bits per heavy atom. The highest BCUT2D eigenvalue weighted by Gasteiger charge is 2.39. The lowest BCUT2D eigenvalue weighted by Gasteiger charge is -2.27. The number of ether oxygens (including phenoxy) is 3. The monoisotopic (exact) mass is 906 g/mol. The summed E-state index contributed by atoms with van der Waals surface area (Å²) < 4.78 is 30.5. The normalized spacial score (nSPS) is 12.1. The number of aliphatic carboxylic acids is 1. The number of hydrogen-bond acceptors (Lipinski definition) is 9. The summed E-state index contributed by atoms with van der Waals surface area (Å²) in [5, 5.41) is 9.90. The first-order valence-electron chi connectivity index (χ1n) is 17.2. The molecule has 0 aliphatic rings. The molecule has 2 unspecified atom stereocenters. The maximum Gasteiger partial charge on any atom is 0.352 e. The fourth-order valence-electron chi connectivity index (χ4n) is 5.82. The van der Waals surface area contributed by atoms with Gasteiger partial charge in [0, 0.05) is 20.1 Å². The number of carboxylic acid groups (broad SMARTS) is 1. The van der Waals surface area contributed by atoms with Crippen LogP contribution < -0.4 is 9.47 Å². The number of oxazole rings is 2. The number of para-hydroxylation sites is 4. The molecule has 8 aromatic rings.